The third-order valence-electron chi connectivity index (χ3n) is 4.15. The molecule has 1 saturated heterocycles. The third-order valence-corrected chi connectivity index (χ3v) is 4.15. The lowest BCUT2D eigenvalue weighted by atomic mass is 9.91. The second-order valence-corrected chi connectivity index (χ2v) is 5.57. The van der Waals surface area contributed by atoms with E-state index < -0.39 is 23.1 Å². The number of rotatable bonds is 5. The van der Waals surface area contributed by atoms with Crippen molar-refractivity contribution in [1.82, 2.24) is 4.90 Å². The normalized spacial score (nSPS) is 21.8. The van der Waals surface area contributed by atoms with E-state index in [2.05, 4.69) is 0 Å². The molecule has 1 aromatic rings. The molecule has 0 spiro atoms. The molecule has 3 nitrogen and oxygen atoms in total. The number of hydrogen-bond donors (Lipinski definition) is 0. The van der Waals surface area contributed by atoms with Gasteiger partial charge < -0.3 is 9.64 Å². The van der Waals surface area contributed by atoms with Gasteiger partial charge in [-0.25, -0.2) is 8.78 Å². The Morgan fingerprint density at radius 3 is 2.86 bits per heavy atom. The predicted octanol–water partition coefficient (Wildman–Crippen LogP) is 3.39. The molecule has 0 bridgehead atoms. The number of hydrogen-bond acceptors (Lipinski definition) is 2. The van der Waals surface area contributed by atoms with Crippen LogP contribution < -0.4 is 0 Å². The molecule has 0 N–H and O–H groups in total. The maximum atomic E-state index is 13.9. The van der Waals surface area contributed by atoms with Crippen molar-refractivity contribution < 1.29 is 18.3 Å². The zero-order valence-corrected chi connectivity index (χ0v) is 12.5. The summed E-state index contributed by atoms with van der Waals surface area (Å²) in [5.74, 6) is -2.51. The summed E-state index contributed by atoms with van der Waals surface area (Å²) in [5.41, 5.74) is -0.604. The fourth-order valence-corrected chi connectivity index (χ4v) is 3.29. The van der Waals surface area contributed by atoms with Crippen molar-refractivity contribution in [3.05, 3.63) is 35.4 Å². The highest BCUT2D eigenvalue weighted by atomic mass is 19.2. The topological polar surface area (TPSA) is 29.5 Å². The number of ether oxygens (including phenoxy) is 1. The SMILES string of the molecule is CCC[C@@]1(COC)CCCN1C(=O)c1cccc(F)c1F. The van der Waals surface area contributed by atoms with Gasteiger partial charge in [0, 0.05) is 13.7 Å². The van der Waals surface area contributed by atoms with Gasteiger partial charge in [0.2, 0.25) is 0 Å². The van der Waals surface area contributed by atoms with Gasteiger partial charge >= 0.3 is 0 Å². The zero-order chi connectivity index (χ0) is 15.5. The van der Waals surface area contributed by atoms with E-state index in [0.29, 0.717) is 13.2 Å². The highest BCUT2D eigenvalue weighted by Crippen LogP contribution is 2.35. The van der Waals surface area contributed by atoms with Crippen molar-refractivity contribution in [2.75, 3.05) is 20.3 Å². The molecular weight excluding hydrogens is 276 g/mol. The molecule has 1 aliphatic rings. The van der Waals surface area contributed by atoms with E-state index in [1.807, 2.05) is 6.92 Å². The number of methoxy groups -OCH3 is 1. The minimum Gasteiger partial charge on any atom is -0.382 e. The van der Waals surface area contributed by atoms with E-state index in [1.54, 1.807) is 12.0 Å². The molecule has 0 saturated carbocycles. The lowest BCUT2D eigenvalue weighted by Gasteiger charge is -2.38. The first-order valence-corrected chi connectivity index (χ1v) is 7.30. The third kappa shape index (κ3) is 2.93. The first kappa shape index (κ1) is 15.9. The van der Waals surface area contributed by atoms with Crippen LogP contribution in [0.4, 0.5) is 8.78 Å². The van der Waals surface area contributed by atoms with Crippen LogP contribution in [0.3, 0.4) is 0 Å². The van der Waals surface area contributed by atoms with Gasteiger partial charge in [-0.3, -0.25) is 4.79 Å². The van der Waals surface area contributed by atoms with E-state index in [0.717, 1.165) is 31.7 Å². The highest BCUT2D eigenvalue weighted by Gasteiger charge is 2.43. The molecule has 2 rings (SSSR count). The molecule has 1 aromatic carbocycles. The van der Waals surface area contributed by atoms with E-state index >= 15 is 0 Å². The van der Waals surface area contributed by atoms with E-state index in [4.69, 9.17) is 4.74 Å². The Morgan fingerprint density at radius 1 is 1.43 bits per heavy atom. The van der Waals surface area contributed by atoms with Crippen LogP contribution in [0.25, 0.3) is 0 Å². The van der Waals surface area contributed by atoms with Gasteiger partial charge in [0.15, 0.2) is 11.6 Å². The number of carbonyl (C=O) groups is 1. The van der Waals surface area contributed by atoms with Crippen molar-refractivity contribution in [2.45, 2.75) is 38.1 Å². The lowest BCUT2D eigenvalue weighted by molar-refractivity contribution is 0.0250. The number of halogens is 2. The first-order valence-electron chi connectivity index (χ1n) is 7.30. The van der Waals surface area contributed by atoms with Crippen LogP contribution in [0.2, 0.25) is 0 Å². The lowest BCUT2D eigenvalue weighted by Crippen LogP contribution is -2.50. The average molecular weight is 297 g/mol. The van der Waals surface area contributed by atoms with Crippen molar-refractivity contribution in [3.8, 4) is 0 Å². The summed E-state index contributed by atoms with van der Waals surface area (Å²) in [7, 11) is 1.60. The van der Waals surface area contributed by atoms with Crippen LogP contribution in [0.1, 0.15) is 43.0 Å². The Bertz CT molecular complexity index is 513. The molecule has 0 aromatic heterocycles. The van der Waals surface area contributed by atoms with Crippen LogP contribution in [0, 0.1) is 11.6 Å². The molecule has 21 heavy (non-hydrogen) atoms. The summed E-state index contributed by atoms with van der Waals surface area (Å²) < 4.78 is 32.5. The standard InChI is InChI=1S/C16H21F2NO2/c1-3-8-16(11-21-2)9-5-10-19(16)15(20)12-6-4-7-13(17)14(12)18/h4,6-7H,3,5,8-11H2,1-2H3/t16-/m0/s1. The Hall–Kier alpha value is -1.49. The van der Waals surface area contributed by atoms with Gasteiger partial charge in [0.1, 0.15) is 0 Å². The fourth-order valence-electron chi connectivity index (χ4n) is 3.29. The van der Waals surface area contributed by atoms with Crippen molar-refractivity contribution in [3.63, 3.8) is 0 Å². The van der Waals surface area contributed by atoms with E-state index in [1.165, 1.54) is 12.1 Å². The van der Waals surface area contributed by atoms with Crippen LogP contribution in [0.5, 0.6) is 0 Å². The Labute approximate surface area is 123 Å². The van der Waals surface area contributed by atoms with E-state index in [9.17, 15) is 13.6 Å². The number of amides is 1. The van der Waals surface area contributed by atoms with Crippen LogP contribution in [-0.2, 0) is 4.74 Å². The second-order valence-electron chi connectivity index (χ2n) is 5.57. The van der Waals surface area contributed by atoms with Gasteiger partial charge in [-0.05, 0) is 31.4 Å². The van der Waals surface area contributed by atoms with Crippen LogP contribution >= 0.6 is 0 Å². The average Bonchev–Trinajstić information content (AvgIpc) is 2.85. The molecule has 1 fully saturated rings. The van der Waals surface area contributed by atoms with Gasteiger partial charge in [-0.1, -0.05) is 19.4 Å². The minimum atomic E-state index is -1.07. The molecule has 0 unspecified atom stereocenters. The summed E-state index contributed by atoms with van der Waals surface area (Å²) in [4.78, 5) is 14.3. The Morgan fingerprint density at radius 2 is 2.19 bits per heavy atom. The summed E-state index contributed by atoms with van der Waals surface area (Å²) in [6, 6.07) is 3.71. The van der Waals surface area contributed by atoms with Crippen molar-refractivity contribution >= 4 is 5.91 Å². The molecule has 1 aliphatic heterocycles. The fraction of sp³-hybridized carbons (Fsp3) is 0.562. The van der Waals surface area contributed by atoms with Gasteiger partial charge in [0.05, 0.1) is 17.7 Å². The first-order chi connectivity index (χ1) is 10.1. The maximum absolute atomic E-state index is 13.9. The maximum Gasteiger partial charge on any atom is 0.257 e. The van der Waals surface area contributed by atoms with Gasteiger partial charge in [-0.15, -0.1) is 0 Å². The summed E-state index contributed by atoms with van der Waals surface area (Å²) in [5, 5.41) is 0. The molecule has 1 atom stereocenters. The predicted molar refractivity (Wildman–Crippen MR) is 76.1 cm³/mol. The Balaban J connectivity index is 2.34. The quantitative estimate of drug-likeness (QED) is 0.834. The Kier molecular flexibility index (Phi) is 4.93. The number of nitrogens with zero attached hydrogens (tertiary/aromatic N) is 1. The minimum absolute atomic E-state index is 0.200. The van der Waals surface area contributed by atoms with Crippen molar-refractivity contribution in [2.24, 2.45) is 0 Å². The molecule has 116 valence electrons. The number of carbonyl (C=O) groups excluding carboxylic acids is 1. The number of benzene rings is 1. The second kappa shape index (κ2) is 6.52. The monoisotopic (exact) mass is 297 g/mol. The van der Waals surface area contributed by atoms with Crippen LogP contribution in [0.15, 0.2) is 18.2 Å². The molecule has 0 radical (unpaired) electrons. The summed E-state index contributed by atoms with van der Waals surface area (Å²) >= 11 is 0. The highest BCUT2D eigenvalue weighted by molar-refractivity contribution is 5.95. The molecule has 1 heterocycles. The van der Waals surface area contributed by atoms with Gasteiger partial charge in [-0.2, -0.15) is 0 Å². The summed E-state index contributed by atoms with van der Waals surface area (Å²) in [6.07, 6.45) is 3.38. The molecule has 1 amide bonds. The number of likely N-dealkylation sites (tertiary alicyclic amines) is 1. The van der Waals surface area contributed by atoms with Crippen molar-refractivity contribution in [1.29, 1.82) is 0 Å². The summed E-state index contributed by atoms with van der Waals surface area (Å²) in [6.45, 7) is 3.02. The zero-order valence-electron chi connectivity index (χ0n) is 12.5. The van der Waals surface area contributed by atoms with Crippen LogP contribution in [-0.4, -0.2) is 36.6 Å². The molecule has 0 aliphatic carbocycles. The largest absolute Gasteiger partial charge is 0.382 e. The smallest absolute Gasteiger partial charge is 0.257 e. The van der Waals surface area contributed by atoms with Gasteiger partial charge in [0.25, 0.3) is 5.91 Å². The molecular formula is C16H21F2NO2. The van der Waals surface area contributed by atoms with E-state index in [-0.39, 0.29) is 5.56 Å². The molecule has 5 heteroatoms.